The fraction of sp³-hybridized carbons (Fsp3) is 0.214. The van der Waals surface area contributed by atoms with Gasteiger partial charge in [0.25, 0.3) is 0 Å². The van der Waals surface area contributed by atoms with Crippen LogP contribution in [0, 0.1) is 0 Å². The highest BCUT2D eigenvalue weighted by Gasteiger charge is 2.27. The number of fused-ring (bicyclic) bond motifs is 3. The number of oxazole rings is 1. The summed E-state index contributed by atoms with van der Waals surface area (Å²) in [6, 6.07) is 20.2. The Labute approximate surface area is 190 Å². The van der Waals surface area contributed by atoms with E-state index in [1.165, 1.54) is 16.8 Å². The number of aromatic nitrogens is 1. The van der Waals surface area contributed by atoms with Gasteiger partial charge < -0.3 is 13.7 Å². The zero-order valence-electron chi connectivity index (χ0n) is 18.1. The van der Waals surface area contributed by atoms with Crippen LogP contribution in [0.4, 0.5) is 5.69 Å². The molecule has 0 saturated carbocycles. The van der Waals surface area contributed by atoms with E-state index in [4.69, 9.17) is 8.83 Å². The molecule has 3 aromatic carbocycles. The summed E-state index contributed by atoms with van der Waals surface area (Å²) in [7, 11) is 0. The first-order chi connectivity index (χ1) is 16.2. The third-order valence-corrected chi connectivity index (χ3v) is 6.94. The third-order valence-electron chi connectivity index (χ3n) is 6.94. The normalized spacial score (nSPS) is 15.2. The lowest BCUT2D eigenvalue weighted by Crippen LogP contribution is -2.34. The summed E-state index contributed by atoms with van der Waals surface area (Å²) in [6.45, 7) is 2.17. The third kappa shape index (κ3) is 2.92. The second kappa shape index (κ2) is 7.07. The Morgan fingerprint density at radius 3 is 2.58 bits per heavy atom. The number of hydrogen-bond acceptors (Lipinski definition) is 5. The molecule has 5 heteroatoms. The molecule has 0 fully saturated rings. The van der Waals surface area contributed by atoms with Crippen LogP contribution in [-0.4, -0.2) is 18.1 Å². The maximum Gasteiger partial charge on any atom is 0.349 e. The largest absolute Gasteiger partial charge is 0.436 e. The van der Waals surface area contributed by atoms with Gasteiger partial charge in [-0.25, -0.2) is 9.78 Å². The molecule has 5 aromatic rings. The number of hydrogen-bond donors (Lipinski definition) is 0. The molecule has 7 rings (SSSR count). The van der Waals surface area contributed by atoms with Crippen LogP contribution in [0.1, 0.15) is 24.0 Å². The Bertz CT molecular complexity index is 1600. The standard InChI is InChI=1S/C28H22N2O3/c31-28-22(27-29-23-16-18(10-11-24(23)32-27)17-6-2-1-3-7-17)15-20-14-19-8-4-12-30-13-5-9-21(25(19)30)26(20)33-28/h1-3,6-7,10-11,14-16H,4-5,8-9,12-13H2. The van der Waals surface area contributed by atoms with Crippen LogP contribution in [0.25, 0.3) is 44.7 Å². The zero-order chi connectivity index (χ0) is 21.9. The van der Waals surface area contributed by atoms with Gasteiger partial charge in [-0.05, 0) is 66.6 Å². The molecule has 0 radical (unpaired) electrons. The quantitative estimate of drug-likeness (QED) is 0.321. The van der Waals surface area contributed by atoms with Crippen LogP contribution in [0.5, 0.6) is 0 Å². The van der Waals surface area contributed by atoms with E-state index in [1.54, 1.807) is 0 Å². The lowest BCUT2D eigenvalue weighted by atomic mass is 9.90. The van der Waals surface area contributed by atoms with Gasteiger partial charge in [0.2, 0.25) is 5.89 Å². The molecule has 0 saturated heterocycles. The predicted octanol–water partition coefficient (Wildman–Crippen LogP) is 5.97. The maximum absolute atomic E-state index is 13.1. The minimum atomic E-state index is -0.401. The van der Waals surface area contributed by atoms with Crippen LogP contribution in [0.2, 0.25) is 0 Å². The van der Waals surface area contributed by atoms with E-state index in [-0.39, 0.29) is 0 Å². The number of benzene rings is 3. The second-order valence-corrected chi connectivity index (χ2v) is 8.99. The Morgan fingerprint density at radius 1 is 0.848 bits per heavy atom. The molecular weight excluding hydrogens is 412 g/mol. The smallest absolute Gasteiger partial charge is 0.349 e. The van der Waals surface area contributed by atoms with E-state index >= 15 is 0 Å². The van der Waals surface area contributed by atoms with Gasteiger partial charge in [0.15, 0.2) is 5.58 Å². The Morgan fingerprint density at radius 2 is 1.70 bits per heavy atom. The average Bonchev–Trinajstić information content (AvgIpc) is 3.28. The highest BCUT2D eigenvalue weighted by Crippen LogP contribution is 2.40. The predicted molar refractivity (Wildman–Crippen MR) is 130 cm³/mol. The maximum atomic E-state index is 13.1. The van der Waals surface area contributed by atoms with Crippen molar-refractivity contribution in [3.05, 3.63) is 82.2 Å². The van der Waals surface area contributed by atoms with Crippen LogP contribution in [0.3, 0.4) is 0 Å². The van der Waals surface area contributed by atoms with Crippen LogP contribution in [0.15, 0.2) is 74.3 Å². The first kappa shape index (κ1) is 18.7. The van der Waals surface area contributed by atoms with Gasteiger partial charge in [0.05, 0.1) is 0 Å². The van der Waals surface area contributed by atoms with E-state index in [9.17, 15) is 4.79 Å². The molecule has 0 spiro atoms. The van der Waals surface area contributed by atoms with Gasteiger partial charge >= 0.3 is 5.63 Å². The van der Waals surface area contributed by atoms with E-state index in [2.05, 4.69) is 28.1 Å². The molecule has 0 N–H and O–H groups in total. The molecule has 33 heavy (non-hydrogen) atoms. The fourth-order valence-electron chi connectivity index (χ4n) is 5.45. The Hall–Kier alpha value is -3.86. The molecule has 4 heterocycles. The highest BCUT2D eigenvalue weighted by molar-refractivity contribution is 5.91. The van der Waals surface area contributed by atoms with E-state index in [0.29, 0.717) is 17.0 Å². The first-order valence-corrected chi connectivity index (χ1v) is 11.6. The summed E-state index contributed by atoms with van der Waals surface area (Å²) in [4.78, 5) is 20.2. The zero-order valence-corrected chi connectivity index (χ0v) is 18.1. The summed E-state index contributed by atoms with van der Waals surface area (Å²) in [5, 5.41) is 0.953. The summed E-state index contributed by atoms with van der Waals surface area (Å²) < 4.78 is 11.9. The van der Waals surface area contributed by atoms with Gasteiger partial charge in [-0.15, -0.1) is 0 Å². The Balaban J connectivity index is 1.38. The number of aryl methyl sites for hydroxylation is 2. The van der Waals surface area contributed by atoms with Crippen LogP contribution >= 0.6 is 0 Å². The van der Waals surface area contributed by atoms with E-state index < -0.39 is 5.63 Å². The van der Waals surface area contributed by atoms with Crippen LogP contribution in [-0.2, 0) is 12.8 Å². The number of nitrogens with zero attached hydrogens (tertiary/aromatic N) is 2. The number of anilines is 1. The lowest BCUT2D eigenvalue weighted by Gasteiger charge is -2.37. The van der Waals surface area contributed by atoms with Gasteiger partial charge in [-0.2, -0.15) is 0 Å². The Kier molecular flexibility index (Phi) is 4.00. The van der Waals surface area contributed by atoms with E-state index in [1.807, 2.05) is 42.5 Å². The molecule has 0 unspecified atom stereocenters. The number of rotatable bonds is 2. The van der Waals surface area contributed by atoms with Gasteiger partial charge in [-0.3, -0.25) is 0 Å². The van der Waals surface area contributed by atoms with Crippen molar-refractivity contribution >= 4 is 27.8 Å². The SMILES string of the molecule is O=c1oc2c3c4c(cc2cc1-c1nc2cc(-c5ccccc5)ccc2o1)CCCN4CCC3. The molecule has 2 aliphatic heterocycles. The molecule has 0 atom stereocenters. The molecular formula is C28H22N2O3. The van der Waals surface area contributed by atoms with Crippen molar-refractivity contribution in [2.24, 2.45) is 0 Å². The monoisotopic (exact) mass is 434 g/mol. The summed E-state index contributed by atoms with van der Waals surface area (Å²) in [5.74, 6) is 0.304. The van der Waals surface area contributed by atoms with Crippen molar-refractivity contribution in [2.45, 2.75) is 25.7 Å². The molecule has 0 aliphatic carbocycles. The lowest BCUT2D eigenvalue weighted by molar-refractivity contribution is 0.544. The van der Waals surface area contributed by atoms with E-state index in [0.717, 1.165) is 66.4 Å². The summed E-state index contributed by atoms with van der Waals surface area (Å²) in [6.07, 6.45) is 4.26. The van der Waals surface area contributed by atoms with Crippen LogP contribution < -0.4 is 10.5 Å². The van der Waals surface area contributed by atoms with Gasteiger partial charge in [0.1, 0.15) is 16.7 Å². The highest BCUT2D eigenvalue weighted by atomic mass is 16.4. The fourth-order valence-corrected chi connectivity index (χ4v) is 5.45. The average molecular weight is 434 g/mol. The molecule has 2 aromatic heterocycles. The molecule has 5 nitrogen and oxygen atoms in total. The van der Waals surface area contributed by atoms with Crippen molar-refractivity contribution in [3.63, 3.8) is 0 Å². The topological polar surface area (TPSA) is 59.5 Å². The minimum absolute atomic E-state index is 0.304. The summed E-state index contributed by atoms with van der Waals surface area (Å²) in [5.41, 5.74) is 8.07. The molecule has 2 aliphatic rings. The first-order valence-electron chi connectivity index (χ1n) is 11.6. The molecule has 162 valence electrons. The van der Waals surface area contributed by atoms with Crippen molar-refractivity contribution in [1.29, 1.82) is 0 Å². The van der Waals surface area contributed by atoms with Crippen molar-refractivity contribution in [1.82, 2.24) is 4.98 Å². The van der Waals surface area contributed by atoms with Gasteiger partial charge in [0, 0.05) is 29.7 Å². The molecule has 0 amide bonds. The van der Waals surface area contributed by atoms with Crippen molar-refractivity contribution in [3.8, 4) is 22.6 Å². The summed E-state index contributed by atoms with van der Waals surface area (Å²) >= 11 is 0. The molecule has 0 bridgehead atoms. The second-order valence-electron chi connectivity index (χ2n) is 8.99. The van der Waals surface area contributed by atoms with Gasteiger partial charge in [-0.1, -0.05) is 36.4 Å². The van der Waals surface area contributed by atoms with Crippen molar-refractivity contribution < 1.29 is 8.83 Å². The van der Waals surface area contributed by atoms with Crippen molar-refractivity contribution in [2.75, 3.05) is 18.0 Å². The minimum Gasteiger partial charge on any atom is -0.436 e.